The van der Waals surface area contributed by atoms with Crippen LogP contribution in [0.4, 0.5) is 5.82 Å². The van der Waals surface area contributed by atoms with Crippen LogP contribution in [0.2, 0.25) is 5.02 Å². The molecule has 1 atom stereocenters. The highest BCUT2D eigenvalue weighted by Crippen LogP contribution is 2.19. The highest BCUT2D eigenvalue weighted by Gasteiger charge is 2.24. The maximum absolute atomic E-state index is 12.1. The molecule has 1 N–H and O–H groups in total. The number of halogens is 1. The Bertz CT molecular complexity index is 872. The van der Waals surface area contributed by atoms with Crippen molar-refractivity contribution in [1.82, 2.24) is 9.78 Å². The summed E-state index contributed by atoms with van der Waals surface area (Å²) in [7, 11) is -3.14. The maximum Gasteiger partial charge on any atom is 0.226 e. The van der Waals surface area contributed by atoms with Gasteiger partial charge in [-0.25, -0.2) is 13.1 Å². The first kappa shape index (κ1) is 16.7. The molecule has 8 heteroatoms. The molecule has 1 aromatic heterocycles. The molecule has 0 saturated heterocycles. The van der Waals surface area contributed by atoms with E-state index >= 15 is 0 Å². The summed E-state index contributed by atoms with van der Waals surface area (Å²) < 4.78 is 24.4. The van der Waals surface area contributed by atoms with Crippen molar-refractivity contribution in [2.24, 2.45) is 5.92 Å². The summed E-state index contributed by atoms with van der Waals surface area (Å²) in [5, 5.41) is 8.82. The first-order valence-corrected chi connectivity index (χ1v) is 9.48. The molecule has 6 nitrogen and oxygen atoms in total. The number of rotatable bonds is 5. The van der Waals surface area contributed by atoms with E-state index < -0.39 is 9.84 Å². The number of nitrogens with one attached hydrogen (secondary N) is 1. The predicted molar refractivity (Wildman–Crippen MR) is 92.4 cm³/mol. The molecule has 0 radical (unpaired) electrons. The van der Waals surface area contributed by atoms with Crippen molar-refractivity contribution in [1.29, 1.82) is 0 Å². The Hall–Kier alpha value is -2.12. The topological polar surface area (TPSA) is 81.1 Å². The van der Waals surface area contributed by atoms with E-state index in [0.29, 0.717) is 17.4 Å². The Morgan fingerprint density at radius 2 is 2.04 bits per heavy atom. The third-order valence-corrected chi connectivity index (χ3v) is 5.40. The van der Waals surface area contributed by atoms with Crippen LogP contribution in [-0.2, 0) is 21.2 Å². The number of hydrogen-bond acceptors (Lipinski definition) is 4. The minimum atomic E-state index is -3.14. The van der Waals surface area contributed by atoms with Crippen LogP contribution in [0.15, 0.2) is 48.0 Å². The molecule has 1 aliphatic heterocycles. The molecular weight excluding hydrogens is 350 g/mol. The predicted octanol–water partition coefficient (Wildman–Crippen LogP) is 2.47. The van der Waals surface area contributed by atoms with Gasteiger partial charge in [-0.3, -0.25) is 4.79 Å². The molecule has 3 rings (SSSR count). The summed E-state index contributed by atoms with van der Waals surface area (Å²) in [5.74, 6) is 0.0480. The Morgan fingerprint density at radius 3 is 2.71 bits per heavy atom. The summed E-state index contributed by atoms with van der Waals surface area (Å²) in [6.07, 6.45) is 3.30. The van der Waals surface area contributed by atoms with Gasteiger partial charge >= 0.3 is 0 Å². The van der Waals surface area contributed by atoms with Crippen LogP contribution in [0.5, 0.6) is 0 Å². The van der Waals surface area contributed by atoms with Crippen molar-refractivity contribution >= 4 is 33.2 Å². The number of sulfone groups is 1. The third kappa shape index (κ3) is 4.24. The molecule has 1 amide bonds. The van der Waals surface area contributed by atoms with E-state index in [4.69, 9.17) is 11.6 Å². The van der Waals surface area contributed by atoms with E-state index in [-0.39, 0.29) is 24.0 Å². The molecule has 2 aromatic rings. The smallest absolute Gasteiger partial charge is 0.226 e. The molecular formula is C16H16ClN3O3S. The number of anilines is 1. The van der Waals surface area contributed by atoms with Crippen LogP contribution >= 0.6 is 11.6 Å². The summed E-state index contributed by atoms with van der Waals surface area (Å²) in [5.41, 5.74) is 1.00. The zero-order valence-electron chi connectivity index (χ0n) is 12.7. The van der Waals surface area contributed by atoms with Gasteiger partial charge in [-0.2, -0.15) is 5.10 Å². The molecule has 0 bridgehead atoms. The number of allylic oxidation sites excluding steroid dienone is 1. The van der Waals surface area contributed by atoms with Gasteiger partial charge in [-0.1, -0.05) is 29.8 Å². The molecule has 24 heavy (non-hydrogen) atoms. The number of carbonyl (C=O) groups excluding carboxylic acids is 1. The monoisotopic (exact) mass is 365 g/mol. The summed E-state index contributed by atoms with van der Waals surface area (Å²) >= 11 is 5.87. The number of benzene rings is 1. The average molecular weight is 366 g/mol. The van der Waals surface area contributed by atoms with Crippen LogP contribution in [0.25, 0.3) is 0 Å². The first-order valence-electron chi connectivity index (χ1n) is 7.38. The third-order valence-electron chi connectivity index (χ3n) is 3.68. The van der Waals surface area contributed by atoms with Crippen molar-refractivity contribution < 1.29 is 13.2 Å². The van der Waals surface area contributed by atoms with Crippen molar-refractivity contribution in [3.05, 3.63) is 58.6 Å². The number of aromatic nitrogens is 2. The molecule has 126 valence electrons. The summed E-state index contributed by atoms with van der Waals surface area (Å²) in [6.45, 7) is 0.498. The van der Waals surface area contributed by atoms with Crippen molar-refractivity contribution in [3.63, 3.8) is 0 Å². The SMILES string of the molecule is O=C(CC1C=CS(=O)(=O)C1)Nc1ccnn1Cc1ccc(Cl)cc1. The van der Waals surface area contributed by atoms with Gasteiger partial charge in [0.2, 0.25) is 5.91 Å². The largest absolute Gasteiger partial charge is 0.311 e. The molecule has 0 saturated carbocycles. The summed E-state index contributed by atoms with van der Waals surface area (Å²) in [6, 6.07) is 9.08. The van der Waals surface area contributed by atoms with Gasteiger partial charge in [0.05, 0.1) is 18.5 Å². The molecule has 0 aliphatic carbocycles. The van der Waals surface area contributed by atoms with E-state index in [9.17, 15) is 13.2 Å². The van der Waals surface area contributed by atoms with E-state index in [1.165, 1.54) is 5.41 Å². The maximum atomic E-state index is 12.1. The molecule has 2 heterocycles. The summed E-state index contributed by atoms with van der Waals surface area (Å²) in [4.78, 5) is 12.1. The van der Waals surface area contributed by atoms with Gasteiger partial charge in [0.25, 0.3) is 0 Å². The lowest BCUT2D eigenvalue weighted by molar-refractivity contribution is -0.116. The van der Waals surface area contributed by atoms with Crippen LogP contribution in [-0.4, -0.2) is 29.9 Å². The normalized spacial score (nSPS) is 18.6. The van der Waals surface area contributed by atoms with Crippen molar-refractivity contribution in [2.45, 2.75) is 13.0 Å². The number of carbonyl (C=O) groups is 1. The Labute approximate surface area is 145 Å². The van der Waals surface area contributed by atoms with Gasteiger partial charge in [0.15, 0.2) is 9.84 Å². The van der Waals surface area contributed by atoms with Gasteiger partial charge in [-0.15, -0.1) is 0 Å². The first-order chi connectivity index (χ1) is 11.4. The van der Waals surface area contributed by atoms with E-state index in [1.807, 2.05) is 12.1 Å². The van der Waals surface area contributed by atoms with Crippen molar-refractivity contribution in [3.8, 4) is 0 Å². The second kappa shape index (κ2) is 6.78. The fraction of sp³-hybridized carbons (Fsp3) is 0.250. The lowest BCUT2D eigenvalue weighted by Crippen LogP contribution is -2.20. The van der Waals surface area contributed by atoms with Crippen LogP contribution in [0.1, 0.15) is 12.0 Å². The van der Waals surface area contributed by atoms with Gasteiger partial charge < -0.3 is 5.32 Å². The quantitative estimate of drug-likeness (QED) is 0.882. The lowest BCUT2D eigenvalue weighted by atomic mass is 10.1. The minimum Gasteiger partial charge on any atom is -0.311 e. The van der Waals surface area contributed by atoms with Crippen LogP contribution < -0.4 is 5.32 Å². The van der Waals surface area contributed by atoms with E-state index in [0.717, 1.165) is 5.56 Å². The Morgan fingerprint density at radius 1 is 1.29 bits per heavy atom. The second-order valence-electron chi connectivity index (χ2n) is 5.67. The van der Waals surface area contributed by atoms with Gasteiger partial charge in [-0.05, 0) is 17.7 Å². The molecule has 1 unspecified atom stereocenters. The van der Waals surface area contributed by atoms with E-state index in [1.54, 1.807) is 35.2 Å². The minimum absolute atomic E-state index is 0.00947. The number of nitrogens with zero attached hydrogens (tertiary/aromatic N) is 2. The van der Waals surface area contributed by atoms with Crippen LogP contribution in [0, 0.1) is 5.92 Å². The van der Waals surface area contributed by atoms with Gasteiger partial charge in [0, 0.05) is 28.8 Å². The van der Waals surface area contributed by atoms with E-state index in [2.05, 4.69) is 10.4 Å². The molecule has 1 aliphatic rings. The molecule has 0 fully saturated rings. The van der Waals surface area contributed by atoms with Gasteiger partial charge in [0.1, 0.15) is 5.82 Å². The lowest BCUT2D eigenvalue weighted by Gasteiger charge is -2.11. The molecule has 1 aromatic carbocycles. The standard InChI is InChI=1S/C16H16ClN3O3S/c17-14-3-1-12(2-4-14)10-20-15(5-7-18-20)19-16(21)9-13-6-8-24(22,23)11-13/h1-8,13H,9-11H2,(H,19,21). The Kier molecular flexibility index (Phi) is 4.73. The fourth-order valence-electron chi connectivity index (χ4n) is 2.53. The number of hydrogen-bond donors (Lipinski definition) is 1. The fourth-order valence-corrected chi connectivity index (χ4v) is 4.05. The van der Waals surface area contributed by atoms with Crippen LogP contribution in [0.3, 0.4) is 0 Å². The average Bonchev–Trinajstić information content (AvgIpc) is 3.08. The van der Waals surface area contributed by atoms with Crippen molar-refractivity contribution in [2.75, 3.05) is 11.1 Å². The highest BCUT2D eigenvalue weighted by atomic mass is 35.5. The number of amides is 1. The molecule has 0 spiro atoms. The highest BCUT2D eigenvalue weighted by molar-refractivity contribution is 7.94. The second-order valence-corrected chi connectivity index (χ2v) is 8.04. The zero-order valence-corrected chi connectivity index (χ0v) is 14.3. The Balaban J connectivity index is 1.62. The zero-order chi connectivity index (χ0) is 17.2.